The highest BCUT2D eigenvalue weighted by Gasteiger charge is 2.53. The summed E-state index contributed by atoms with van der Waals surface area (Å²) in [6, 6.07) is 17.1. The molecule has 1 fully saturated rings. The van der Waals surface area contributed by atoms with Gasteiger partial charge in [-0.2, -0.15) is 0 Å². The first kappa shape index (κ1) is 21.5. The molecule has 2 amide bonds. The number of thioether (sulfide) groups is 1. The molecule has 0 radical (unpaired) electrons. The van der Waals surface area contributed by atoms with Crippen LogP contribution < -0.4 is 10.2 Å². The number of likely N-dealkylation sites (tertiary alicyclic amines) is 1. The lowest BCUT2D eigenvalue weighted by Crippen LogP contribution is -2.62. The van der Waals surface area contributed by atoms with Crippen molar-refractivity contribution in [3.05, 3.63) is 72.6 Å². The van der Waals surface area contributed by atoms with Crippen molar-refractivity contribution in [2.45, 2.75) is 31.0 Å². The molecule has 0 bridgehead atoms. The molecule has 3 heterocycles. The van der Waals surface area contributed by atoms with Gasteiger partial charge in [0.15, 0.2) is 16.9 Å². The number of fused-ring (bicyclic) bond motifs is 1. The predicted octanol–water partition coefficient (Wildman–Crippen LogP) is 3.94. The molecule has 2 aromatic heterocycles. The molecular weight excluding hydrogens is 434 g/mol. The van der Waals surface area contributed by atoms with E-state index in [9.17, 15) is 9.59 Å². The summed E-state index contributed by atoms with van der Waals surface area (Å²) in [5.41, 5.74) is 10.5. The number of H-pyrrole nitrogens is 1. The molecule has 5 rings (SSSR count). The van der Waals surface area contributed by atoms with Gasteiger partial charge in [0.25, 0.3) is 5.91 Å². The Balaban J connectivity index is 1.52. The number of primary amides is 1. The topological polar surface area (TPSA) is 93.8 Å². The summed E-state index contributed by atoms with van der Waals surface area (Å²) in [6.45, 7) is 2.57. The Hall–Kier alpha value is -3.36. The molecule has 0 aliphatic carbocycles. The number of carbonyl (C=O) groups excluding carboxylic acids is 2. The Labute approximate surface area is 196 Å². The second-order valence-corrected chi connectivity index (χ2v) is 9.44. The van der Waals surface area contributed by atoms with Crippen LogP contribution in [0, 0.1) is 6.92 Å². The number of benzene rings is 2. The number of amides is 2. The number of hydrogen-bond donors (Lipinski definition) is 2. The van der Waals surface area contributed by atoms with Crippen LogP contribution in [-0.4, -0.2) is 44.7 Å². The van der Waals surface area contributed by atoms with Crippen LogP contribution in [0.25, 0.3) is 16.7 Å². The van der Waals surface area contributed by atoms with Gasteiger partial charge in [-0.25, -0.2) is 14.3 Å². The number of nitrogens with two attached hydrogens (primary N) is 1. The number of aromatic amines is 1. The van der Waals surface area contributed by atoms with Gasteiger partial charge < -0.3 is 15.3 Å². The van der Waals surface area contributed by atoms with E-state index >= 15 is 0 Å². The summed E-state index contributed by atoms with van der Waals surface area (Å²) < 4.78 is 1.92. The van der Waals surface area contributed by atoms with Crippen LogP contribution in [0.1, 0.15) is 18.4 Å². The fourth-order valence-corrected chi connectivity index (χ4v) is 5.75. The maximum Gasteiger partial charge on any atom is 0.329 e. The number of para-hydroxylation sites is 2. The van der Waals surface area contributed by atoms with E-state index in [1.54, 1.807) is 0 Å². The zero-order valence-corrected chi connectivity index (χ0v) is 19.2. The zero-order valence-electron chi connectivity index (χ0n) is 18.4. The van der Waals surface area contributed by atoms with Gasteiger partial charge in [-0.1, -0.05) is 30.0 Å². The minimum Gasteiger partial charge on any atom is -0.364 e. The Kier molecular flexibility index (Phi) is 5.55. The molecule has 1 aliphatic heterocycles. The van der Waals surface area contributed by atoms with Crippen molar-refractivity contribution in [1.82, 2.24) is 19.0 Å². The van der Waals surface area contributed by atoms with E-state index in [1.807, 2.05) is 78.5 Å². The lowest BCUT2D eigenvalue weighted by molar-refractivity contribution is -0.134. The van der Waals surface area contributed by atoms with Gasteiger partial charge in [0, 0.05) is 31.3 Å². The summed E-state index contributed by atoms with van der Waals surface area (Å²) in [5, 5.41) is 0.690. The highest BCUT2D eigenvalue weighted by molar-refractivity contribution is 7.99. The van der Waals surface area contributed by atoms with E-state index in [4.69, 9.17) is 5.73 Å². The van der Waals surface area contributed by atoms with E-state index in [0.29, 0.717) is 18.1 Å². The number of aromatic nitrogens is 3. The Bertz CT molecular complexity index is 1330. The molecule has 2 atom stereocenters. The molecule has 1 unspecified atom stereocenters. The average molecular weight is 461 g/mol. The third kappa shape index (κ3) is 3.75. The SMILES string of the molecule is Cc1ccc2[nH]c(SCC(=O)[N+]3(c4ccccc4-n4cccc4)CCC[C@H]3C(N)=O)nc2c1. The molecule has 0 spiro atoms. The van der Waals surface area contributed by atoms with Gasteiger partial charge in [-0.3, -0.25) is 4.79 Å². The molecule has 2 aromatic carbocycles. The maximum absolute atomic E-state index is 13.9. The van der Waals surface area contributed by atoms with Crippen LogP contribution in [0.2, 0.25) is 0 Å². The Morgan fingerprint density at radius 3 is 2.76 bits per heavy atom. The summed E-state index contributed by atoms with van der Waals surface area (Å²) >= 11 is 1.37. The second-order valence-electron chi connectivity index (χ2n) is 8.48. The van der Waals surface area contributed by atoms with Crippen molar-refractivity contribution in [2.75, 3.05) is 12.3 Å². The van der Waals surface area contributed by atoms with Gasteiger partial charge in [-0.15, -0.1) is 0 Å². The van der Waals surface area contributed by atoms with Gasteiger partial charge in [0.05, 0.1) is 17.6 Å². The standard InChI is InChI=1S/C25H25N5O2S/c1-17-10-11-18-19(15-17)28-25(27-18)33-16-23(31)30(14-6-9-22(30)24(26)32)21-8-3-2-7-20(21)29-12-4-5-13-29/h2-5,7-8,10-13,15,22H,6,9,14,16H2,1H3,(H2-,26,27,28,32)/p+1/t22-,30?/m0/s1. The molecule has 3 N–H and O–H groups in total. The third-order valence-electron chi connectivity index (χ3n) is 6.44. The first-order valence-electron chi connectivity index (χ1n) is 11.0. The fourth-order valence-electron chi connectivity index (χ4n) is 4.91. The van der Waals surface area contributed by atoms with Gasteiger partial charge in [-0.05, 0) is 42.8 Å². The van der Waals surface area contributed by atoms with Crippen molar-refractivity contribution in [3.8, 4) is 5.69 Å². The smallest absolute Gasteiger partial charge is 0.329 e. The Morgan fingerprint density at radius 1 is 1.18 bits per heavy atom. The largest absolute Gasteiger partial charge is 0.364 e. The lowest BCUT2D eigenvalue weighted by Gasteiger charge is -2.36. The van der Waals surface area contributed by atoms with Crippen LogP contribution >= 0.6 is 11.8 Å². The van der Waals surface area contributed by atoms with E-state index in [2.05, 4.69) is 9.97 Å². The van der Waals surface area contributed by atoms with Gasteiger partial charge in [0.1, 0.15) is 11.4 Å². The number of nitrogens with zero attached hydrogens (tertiary/aromatic N) is 3. The first-order valence-corrected chi connectivity index (χ1v) is 12.0. The average Bonchev–Trinajstić information content (AvgIpc) is 3.56. The van der Waals surface area contributed by atoms with E-state index in [0.717, 1.165) is 34.4 Å². The van der Waals surface area contributed by atoms with E-state index in [-0.39, 0.29) is 16.1 Å². The number of nitrogens with one attached hydrogen (secondary N) is 1. The highest BCUT2D eigenvalue weighted by Crippen LogP contribution is 2.40. The van der Waals surface area contributed by atoms with E-state index in [1.165, 1.54) is 11.8 Å². The number of rotatable bonds is 6. The molecule has 1 saturated heterocycles. The van der Waals surface area contributed by atoms with Crippen molar-refractivity contribution in [2.24, 2.45) is 5.73 Å². The Morgan fingerprint density at radius 2 is 1.97 bits per heavy atom. The molecule has 8 heteroatoms. The van der Waals surface area contributed by atoms with Crippen LogP contribution in [0.3, 0.4) is 0 Å². The van der Waals surface area contributed by atoms with Crippen molar-refractivity contribution in [3.63, 3.8) is 0 Å². The summed E-state index contributed by atoms with van der Waals surface area (Å²) in [4.78, 5) is 34.4. The molecule has 1 aliphatic rings. The second kappa shape index (κ2) is 8.53. The lowest BCUT2D eigenvalue weighted by atomic mass is 10.1. The number of aryl methyl sites for hydroxylation is 1. The maximum atomic E-state index is 13.9. The molecule has 0 saturated carbocycles. The molecule has 168 valence electrons. The predicted molar refractivity (Wildman–Crippen MR) is 131 cm³/mol. The van der Waals surface area contributed by atoms with Crippen LogP contribution in [-0.2, 0) is 9.59 Å². The quantitative estimate of drug-likeness (QED) is 0.337. The van der Waals surface area contributed by atoms with Crippen molar-refractivity contribution >= 4 is 40.3 Å². The molecule has 4 aromatic rings. The van der Waals surface area contributed by atoms with Crippen LogP contribution in [0.5, 0.6) is 0 Å². The molecule has 7 nitrogen and oxygen atoms in total. The van der Waals surface area contributed by atoms with Gasteiger partial charge in [0.2, 0.25) is 0 Å². The van der Waals surface area contributed by atoms with Crippen LogP contribution in [0.15, 0.2) is 72.1 Å². The van der Waals surface area contributed by atoms with Crippen molar-refractivity contribution in [1.29, 1.82) is 0 Å². The normalized spacial score (nSPS) is 20.3. The number of imidazole rings is 1. The summed E-state index contributed by atoms with van der Waals surface area (Å²) in [7, 11) is 0. The summed E-state index contributed by atoms with van der Waals surface area (Å²) in [5.74, 6) is -0.298. The van der Waals surface area contributed by atoms with Crippen LogP contribution in [0.4, 0.5) is 5.69 Å². The molecular formula is C25H26N5O2S+. The van der Waals surface area contributed by atoms with E-state index < -0.39 is 11.9 Å². The van der Waals surface area contributed by atoms with Crippen molar-refractivity contribution < 1.29 is 9.59 Å². The number of quaternary nitrogens is 1. The summed E-state index contributed by atoms with van der Waals surface area (Å²) in [6.07, 6.45) is 5.24. The number of hydrogen-bond acceptors (Lipinski definition) is 4. The highest BCUT2D eigenvalue weighted by atomic mass is 32.2. The molecule has 33 heavy (non-hydrogen) atoms. The minimum atomic E-state index is -0.590. The van der Waals surface area contributed by atoms with Gasteiger partial charge >= 0.3 is 5.91 Å². The minimum absolute atomic E-state index is 0.0439. The fraction of sp³-hybridized carbons (Fsp3) is 0.240. The first-order chi connectivity index (χ1) is 16.0. The number of carbonyl (C=O) groups is 2. The zero-order chi connectivity index (χ0) is 23.0. The monoisotopic (exact) mass is 460 g/mol. The third-order valence-corrected chi connectivity index (χ3v) is 7.30.